The summed E-state index contributed by atoms with van der Waals surface area (Å²) in [6, 6.07) is 15.9. The summed E-state index contributed by atoms with van der Waals surface area (Å²) in [4.78, 5) is 0. The quantitative estimate of drug-likeness (QED) is 0.733. The maximum atomic E-state index is 13.7. The third-order valence-corrected chi connectivity index (χ3v) is 5.43. The van der Waals surface area contributed by atoms with E-state index in [1.54, 1.807) is 12.1 Å². The molecule has 2 aromatic carbocycles. The van der Waals surface area contributed by atoms with Crippen LogP contribution in [-0.2, 0) is 5.92 Å². The number of rotatable bonds is 2. The van der Waals surface area contributed by atoms with Crippen LogP contribution in [0.15, 0.2) is 48.5 Å². The van der Waals surface area contributed by atoms with Crippen molar-refractivity contribution in [1.29, 1.82) is 0 Å². The van der Waals surface area contributed by atoms with E-state index in [1.165, 1.54) is 12.0 Å². The van der Waals surface area contributed by atoms with Crippen LogP contribution in [0.5, 0.6) is 0 Å². The first kappa shape index (κ1) is 14.7. The average molecular weight is 313 g/mol. The van der Waals surface area contributed by atoms with Gasteiger partial charge in [0, 0.05) is 18.2 Å². The van der Waals surface area contributed by atoms with Crippen LogP contribution in [0.4, 0.5) is 14.5 Å². The van der Waals surface area contributed by atoms with Gasteiger partial charge in [-0.05, 0) is 47.9 Å². The van der Waals surface area contributed by atoms with Crippen LogP contribution in [0.25, 0.3) is 0 Å². The van der Waals surface area contributed by atoms with Gasteiger partial charge < -0.3 is 5.32 Å². The van der Waals surface area contributed by atoms with E-state index < -0.39 is 5.92 Å². The largest absolute Gasteiger partial charge is 0.378 e. The van der Waals surface area contributed by atoms with Crippen LogP contribution in [0, 0.1) is 5.92 Å². The summed E-state index contributed by atoms with van der Waals surface area (Å²) in [6.07, 6.45) is 3.43. The van der Waals surface area contributed by atoms with Gasteiger partial charge in [0.25, 0.3) is 5.92 Å². The van der Waals surface area contributed by atoms with Gasteiger partial charge >= 0.3 is 0 Å². The molecule has 1 nitrogen and oxygen atoms in total. The molecule has 2 aromatic rings. The summed E-state index contributed by atoms with van der Waals surface area (Å²) in [6.45, 7) is 0.976. The maximum absolute atomic E-state index is 13.7. The number of halogens is 2. The Labute approximate surface area is 135 Å². The van der Waals surface area contributed by atoms with E-state index in [1.807, 2.05) is 12.1 Å². The molecule has 3 atom stereocenters. The van der Waals surface area contributed by atoms with E-state index in [0.29, 0.717) is 11.8 Å². The summed E-state index contributed by atoms with van der Waals surface area (Å²) in [5.74, 6) is -1.90. The van der Waals surface area contributed by atoms with Crippen LogP contribution < -0.4 is 5.32 Å². The highest BCUT2D eigenvalue weighted by Gasteiger charge is 2.41. The van der Waals surface area contributed by atoms with Crippen molar-refractivity contribution >= 4 is 5.69 Å². The molecule has 1 saturated carbocycles. The number of alkyl halides is 2. The van der Waals surface area contributed by atoms with E-state index in [2.05, 4.69) is 29.6 Å². The van der Waals surface area contributed by atoms with Crippen molar-refractivity contribution in [2.24, 2.45) is 5.92 Å². The molecule has 0 spiro atoms. The standard InChI is InChI=1S/C20H21F2N/c1-20(21,22)14-10-11-18-17(12-14)15-8-5-9-16(15)19(23-18)13-6-3-2-4-7-13/h2-4,6-7,10-12,15-16,19,23H,5,8-9H2,1H3/t15?,16?,19-/m0/s1. The van der Waals surface area contributed by atoms with Gasteiger partial charge in [-0.25, -0.2) is 8.78 Å². The Kier molecular flexibility index (Phi) is 3.40. The monoisotopic (exact) mass is 313 g/mol. The molecule has 1 fully saturated rings. The first-order chi connectivity index (χ1) is 11.0. The molecule has 0 bridgehead atoms. The molecule has 1 heterocycles. The molecular formula is C20H21F2N. The second-order valence-electron chi connectivity index (χ2n) is 6.92. The summed E-state index contributed by atoms with van der Waals surface area (Å²) in [5.41, 5.74) is 3.52. The lowest BCUT2D eigenvalue weighted by Gasteiger charge is -2.38. The predicted octanol–water partition coefficient (Wildman–Crippen LogP) is 5.85. The molecular weight excluding hydrogens is 292 g/mol. The third kappa shape index (κ3) is 2.52. The lowest BCUT2D eigenvalue weighted by molar-refractivity contribution is 0.0173. The molecule has 2 aliphatic rings. The van der Waals surface area contributed by atoms with Crippen molar-refractivity contribution < 1.29 is 8.78 Å². The molecule has 0 aromatic heterocycles. The smallest absolute Gasteiger partial charge is 0.270 e. The Hall–Kier alpha value is -1.90. The molecule has 1 N–H and O–H groups in total. The van der Waals surface area contributed by atoms with Crippen LogP contribution in [0.2, 0.25) is 0 Å². The number of hydrogen-bond acceptors (Lipinski definition) is 1. The second kappa shape index (κ2) is 5.33. The molecule has 1 aliphatic carbocycles. The van der Waals surface area contributed by atoms with E-state index in [0.717, 1.165) is 31.0 Å². The van der Waals surface area contributed by atoms with Gasteiger partial charge in [0.2, 0.25) is 0 Å². The Morgan fingerprint density at radius 3 is 2.57 bits per heavy atom. The SMILES string of the molecule is CC(F)(F)c1ccc2c(c1)C1CCCC1[C@H](c1ccccc1)N2. The van der Waals surface area contributed by atoms with Gasteiger partial charge in [-0.1, -0.05) is 42.8 Å². The first-order valence-corrected chi connectivity index (χ1v) is 8.38. The summed E-state index contributed by atoms with van der Waals surface area (Å²) < 4.78 is 27.4. The molecule has 1 aliphatic heterocycles. The Morgan fingerprint density at radius 2 is 1.83 bits per heavy atom. The van der Waals surface area contributed by atoms with E-state index in [-0.39, 0.29) is 11.6 Å². The van der Waals surface area contributed by atoms with Gasteiger partial charge in [0.15, 0.2) is 0 Å². The van der Waals surface area contributed by atoms with E-state index >= 15 is 0 Å². The minimum atomic E-state index is -2.78. The lowest BCUT2D eigenvalue weighted by Crippen LogP contribution is -2.29. The van der Waals surface area contributed by atoms with Crippen LogP contribution >= 0.6 is 0 Å². The summed E-state index contributed by atoms with van der Waals surface area (Å²) in [7, 11) is 0. The highest BCUT2D eigenvalue weighted by Crippen LogP contribution is 2.53. The zero-order valence-corrected chi connectivity index (χ0v) is 13.2. The molecule has 2 unspecified atom stereocenters. The molecule has 23 heavy (non-hydrogen) atoms. The molecule has 3 heteroatoms. The molecule has 0 amide bonds. The molecule has 0 radical (unpaired) electrons. The summed E-state index contributed by atoms with van der Waals surface area (Å²) in [5, 5.41) is 3.62. The number of anilines is 1. The fourth-order valence-corrected chi connectivity index (χ4v) is 4.31. The Bertz CT molecular complexity index is 705. The van der Waals surface area contributed by atoms with Crippen LogP contribution in [0.3, 0.4) is 0 Å². The molecule has 0 saturated heterocycles. The van der Waals surface area contributed by atoms with Crippen molar-refractivity contribution in [3.8, 4) is 0 Å². The van der Waals surface area contributed by atoms with Crippen molar-refractivity contribution in [3.63, 3.8) is 0 Å². The fraction of sp³-hybridized carbons (Fsp3) is 0.400. The van der Waals surface area contributed by atoms with Crippen molar-refractivity contribution in [3.05, 3.63) is 65.2 Å². The van der Waals surface area contributed by atoms with E-state index in [4.69, 9.17) is 0 Å². The topological polar surface area (TPSA) is 12.0 Å². The fourth-order valence-electron chi connectivity index (χ4n) is 4.31. The Balaban J connectivity index is 1.77. The molecule has 4 rings (SSSR count). The van der Waals surface area contributed by atoms with Crippen molar-refractivity contribution in [2.45, 2.75) is 44.1 Å². The maximum Gasteiger partial charge on any atom is 0.270 e. The van der Waals surface area contributed by atoms with Gasteiger partial charge in [-0.15, -0.1) is 0 Å². The summed E-state index contributed by atoms with van der Waals surface area (Å²) >= 11 is 0. The highest BCUT2D eigenvalue weighted by atomic mass is 19.3. The predicted molar refractivity (Wildman–Crippen MR) is 88.9 cm³/mol. The minimum absolute atomic E-state index is 0.127. The first-order valence-electron chi connectivity index (χ1n) is 8.38. The zero-order valence-electron chi connectivity index (χ0n) is 13.2. The number of hydrogen-bond donors (Lipinski definition) is 1. The number of nitrogens with one attached hydrogen (secondary N) is 1. The van der Waals surface area contributed by atoms with Crippen LogP contribution in [-0.4, -0.2) is 0 Å². The lowest BCUT2D eigenvalue weighted by atomic mass is 9.77. The normalized spacial score (nSPS) is 26.3. The second-order valence-corrected chi connectivity index (χ2v) is 6.92. The average Bonchev–Trinajstić information content (AvgIpc) is 3.03. The van der Waals surface area contributed by atoms with Gasteiger partial charge in [-0.2, -0.15) is 0 Å². The Morgan fingerprint density at radius 1 is 1.04 bits per heavy atom. The van der Waals surface area contributed by atoms with Gasteiger partial charge in [0.1, 0.15) is 0 Å². The van der Waals surface area contributed by atoms with Crippen LogP contribution in [0.1, 0.15) is 54.8 Å². The van der Waals surface area contributed by atoms with Gasteiger partial charge in [0.05, 0.1) is 6.04 Å². The number of benzene rings is 2. The minimum Gasteiger partial charge on any atom is -0.378 e. The van der Waals surface area contributed by atoms with Crippen molar-refractivity contribution in [2.75, 3.05) is 5.32 Å². The van der Waals surface area contributed by atoms with Crippen molar-refractivity contribution in [1.82, 2.24) is 0 Å². The molecule has 120 valence electrons. The van der Waals surface area contributed by atoms with E-state index in [9.17, 15) is 8.78 Å². The number of fused-ring (bicyclic) bond motifs is 3. The van der Waals surface area contributed by atoms with Gasteiger partial charge in [-0.3, -0.25) is 0 Å². The third-order valence-electron chi connectivity index (χ3n) is 5.43. The zero-order chi connectivity index (χ0) is 16.0. The highest BCUT2D eigenvalue weighted by molar-refractivity contribution is 5.59.